The van der Waals surface area contributed by atoms with Gasteiger partial charge in [0.1, 0.15) is 4.88 Å². The Bertz CT molecular complexity index is 314. The Morgan fingerprint density at radius 2 is 2.43 bits per heavy atom. The molecule has 0 aromatic carbocycles. The summed E-state index contributed by atoms with van der Waals surface area (Å²) in [5.41, 5.74) is 0. The van der Waals surface area contributed by atoms with Crippen molar-refractivity contribution in [3.05, 3.63) is 20.8 Å². The average Bonchev–Trinajstić information content (AvgIpc) is 2.60. The van der Waals surface area contributed by atoms with Crippen molar-refractivity contribution in [2.24, 2.45) is 5.92 Å². The van der Waals surface area contributed by atoms with Gasteiger partial charge in [0.25, 0.3) is 5.91 Å². The van der Waals surface area contributed by atoms with Crippen LogP contribution in [0.25, 0.3) is 0 Å². The third-order valence-electron chi connectivity index (χ3n) is 1.70. The Morgan fingerprint density at radius 1 is 1.71 bits per heavy atom. The van der Waals surface area contributed by atoms with E-state index in [1.807, 2.05) is 11.4 Å². The second-order valence-electron chi connectivity index (χ2n) is 3.07. The van der Waals surface area contributed by atoms with Gasteiger partial charge in [-0.2, -0.15) is 0 Å². The number of thiophene rings is 1. The van der Waals surface area contributed by atoms with E-state index in [2.05, 4.69) is 44.1 Å². The van der Waals surface area contributed by atoms with E-state index in [-0.39, 0.29) is 5.91 Å². The zero-order chi connectivity index (χ0) is 10.6. The topological polar surface area (TPSA) is 29.1 Å². The lowest BCUT2D eigenvalue weighted by molar-refractivity contribution is 0.0953. The fourth-order valence-electron chi connectivity index (χ4n) is 0.858. The average molecular weight is 341 g/mol. The summed E-state index contributed by atoms with van der Waals surface area (Å²) in [5.74, 6) is 0.456. The van der Waals surface area contributed by atoms with Crippen LogP contribution in [-0.2, 0) is 0 Å². The van der Waals surface area contributed by atoms with Crippen LogP contribution in [0.2, 0.25) is 0 Å². The van der Waals surface area contributed by atoms with Crippen LogP contribution >= 0.6 is 43.2 Å². The van der Waals surface area contributed by atoms with Gasteiger partial charge in [0.2, 0.25) is 0 Å². The predicted molar refractivity (Wildman–Crippen MR) is 67.3 cm³/mol. The van der Waals surface area contributed by atoms with E-state index < -0.39 is 0 Å². The van der Waals surface area contributed by atoms with Crippen LogP contribution in [0.4, 0.5) is 0 Å². The van der Waals surface area contributed by atoms with Gasteiger partial charge in [-0.15, -0.1) is 11.3 Å². The van der Waals surface area contributed by atoms with Crippen LogP contribution in [0.15, 0.2) is 15.9 Å². The molecule has 1 amide bonds. The molecule has 0 radical (unpaired) electrons. The van der Waals surface area contributed by atoms with Gasteiger partial charge in [-0.25, -0.2) is 0 Å². The van der Waals surface area contributed by atoms with Crippen molar-refractivity contribution in [1.29, 1.82) is 0 Å². The summed E-state index contributed by atoms with van der Waals surface area (Å²) in [5, 5.41) is 5.69. The summed E-state index contributed by atoms with van der Waals surface area (Å²) in [6.07, 6.45) is 0. The molecule has 1 atom stereocenters. The molecule has 0 aliphatic rings. The van der Waals surface area contributed by atoms with Crippen LogP contribution in [0.3, 0.4) is 0 Å². The summed E-state index contributed by atoms with van der Waals surface area (Å²) in [6.45, 7) is 2.78. The summed E-state index contributed by atoms with van der Waals surface area (Å²) in [7, 11) is 0. The number of hydrogen-bond donors (Lipinski definition) is 1. The van der Waals surface area contributed by atoms with Gasteiger partial charge in [-0.1, -0.05) is 22.9 Å². The molecule has 2 nitrogen and oxygen atoms in total. The zero-order valence-corrected chi connectivity index (χ0v) is 11.7. The Kier molecular flexibility index (Phi) is 5.12. The van der Waals surface area contributed by atoms with Crippen molar-refractivity contribution < 1.29 is 4.79 Å². The van der Waals surface area contributed by atoms with Gasteiger partial charge in [-0.05, 0) is 33.3 Å². The highest BCUT2D eigenvalue weighted by atomic mass is 79.9. The highest BCUT2D eigenvalue weighted by molar-refractivity contribution is 9.10. The van der Waals surface area contributed by atoms with Gasteiger partial charge in [0.05, 0.1) is 0 Å². The number of nitrogens with one attached hydrogen (secondary N) is 1. The molecule has 1 N–H and O–H groups in total. The fourth-order valence-corrected chi connectivity index (χ4v) is 2.55. The van der Waals surface area contributed by atoms with Crippen LogP contribution in [0.5, 0.6) is 0 Å². The SMILES string of the molecule is CC(CBr)CNC(=O)c1sccc1Br. The van der Waals surface area contributed by atoms with E-state index in [1.165, 1.54) is 11.3 Å². The monoisotopic (exact) mass is 339 g/mol. The first-order valence-electron chi connectivity index (χ1n) is 4.22. The van der Waals surface area contributed by atoms with Crippen LogP contribution in [0, 0.1) is 5.92 Å². The molecule has 78 valence electrons. The highest BCUT2D eigenvalue weighted by Crippen LogP contribution is 2.22. The molecular weight excluding hydrogens is 330 g/mol. The normalized spacial score (nSPS) is 12.5. The maximum Gasteiger partial charge on any atom is 0.262 e. The molecule has 1 rings (SSSR count). The molecule has 14 heavy (non-hydrogen) atoms. The largest absolute Gasteiger partial charge is 0.351 e. The number of carbonyl (C=O) groups is 1. The Hall–Kier alpha value is 0.130. The number of alkyl halides is 1. The van der Waals surface area contributed by atoms with Gasteiger partial charge in [-0.3, -0.25) is 4.79 Å². The number of carbonyl (C=O) groups excluding carboxylic acids is 1. The lowest BCUT2D eigenvalue weighted by Crippen LogP contribution is -2.28. The van der Waals surface area contributed by atoms with E-state index >= 15 is 0 Å². The van der Waals surface area contributed by atoms with Gasteiger partial charge in [0, 0.05) is 16.3 Å². The molecule has 0 fully saturated rings. The molecule has 1 aromatic rings. The Balaban J connectivity index is 2.47. The number of halogens is 2. The van der Waals surface area contributed by atoms with E-state index in [0.717, 1.165) is 14.7 Å². The molecule has 0 aliphatic carbocycles. The second-order valence-corrected chi connectivity index (χ2v) is 5.49. The maximum absolute atomic E-state index is 11.6. The van der Waals surface area contributed by atoms with Crippen molar-refractivity contribution in [1.82, 2.24) is 5.32 Å². The summed E-state index contributed by atoms with van der Waals surface area (Å²) in [4.78, 5) is 12.3. The molecule has 0 bridgehead atoms. The maximum atomic E-state index is 11.6. The van der Waals surface area contributed by atoms with E-state index in [1.54, 1.807) is 0 Å². The summed E-state index contributed by atoms with van der Waals surface area (Å²) < 4.78 is 0.867. The number of hydrogen-bond acceptors (Lipinski definition) is 2. The molecule has 1 unspecified atom stereocenters. The van der Waals surface area contributed by atoms with E-state index in [0.29, 0.717) is 12.5 Å². The first kappa shape index (κ1) is 12.2. The molecule has 0 spiro atoms. The van der Waals surface area contributed by atoms with Crippen molar-refractivity contribution in [3.8, 4) is 0 Å². The minimum absolute atomic E-state index is 0.000301. The number of amides is 1. The lowest BCUT2D eigenvalue weighted by atomic mass is 10.2. The van der Waals surface area contributed by atoms with Crippen molar-refractivity contribution in [2.75, 3.05) is 11.9 Å². The Labute approximate surface area is 104 Å². The third-order valence-corrected chi connectivity index (χ3v) is 4.64. The van der Waals surface area contributed by atoms with Gasteiger partial charge in [0.15, 0.2) is 0 Å². The van der Waals surface area contributed by atoms with Crippen LogP contribution < -0.4 is 5.32 Å². The van der Waals surface area contributed by atoms with Crippen LogP contribution in [0.1, 0.15) is 16.6 Å². The van der Waals surface area contributed by atoms with Crippen LogP contribution in [-0.4, -0.2) is 17.8 Å². The number of rotatable bonds is 4. The fraction of sp³-hybridized carbons (Fsp3) is 0.444. The highest BCUT2D eigenvalue weighted by Gasteiger charge is 2.11. The molecule has 0 aliphatic heterocycles. The Morgan fingerprint density at radius 3 is 2.93 bits per heavy atom. The van der Waals surface area contributed by atoms with Crippen molar-refractivity contribution in [2.45, 2.75) is 6.92 Å². The molecule has 1 aromatic heterocycles. The summed E-state index contributed by atoms with van der Waals surface area (Å²) >= 11 is 8.15. The third kappa shape index (κ3) is 3.37. The molecule has 5 heteroatoms. The van der Waals surface area contributed by atoms with Crippen molar-refractivity contribution in [3.63, 3.8) is 0 Å². The smallest absolute Gasteiger partial charge is 0.262 e. The molecule has 0 saturated heterocycles. The first-order valence-corrected chi connectivity index (χ1v) is 7.01. The zero-order valence-electron chi connectivity index (χ0n) is 7.72. The predicted octanol–water partition coefficient (Wildman–Crippen LogP) is 3.27. The summed E-state index contributed by atoms with van der Waals surface area (Å²) in [6, 6.07) is 1.88. The molecule has 0 saturated carbocycles. The van der Waals surface area contributed by atoms with Crippen molar-refractivity contribution >= 4 is 49.1 Å². The van der Waals surface area contributed by atoms with Gasteiger partial charge < -0.3 is 5.32 Å². The minimum Gasteiger partial charge on any atom is -0.351 e. The van der Waals surface area contributed by atoms with E-state index in [9.17, 15) is 4.79 Å². The molecule has 1 heterocycles. The first-order chi connectivity index (χ1) is 6.65. The quantitative estimate of drug-likeness (QED) is 0.837. The van der Waals surface area contributed by atoms with E-state index in [4.69, 9.17) is 0 Å². The lowest BCUT2D eigenvalue weighted by Gasteiger charge is -2.08. The van der Waals surface area contributed by atoms with Gasteiger partial charge >= 0.3 is 0 Å². The standard InChI is InChI=1S/C9H11Br2NOS/c1-6(4-10)5-12-9(13)8-7(11)2-3-14-8/h2-3,6H,4-5H2,1H3,(H,12,13). The molecular formula is C9H11Br2NOS. The minimum atomic E-state index is -0.000301. The second kappa shape index (κ2) is 5.88.